The molecule has 4 rings (SSSR count). The molecule has 0 radical (unpaired) electrons. The highest BCUT2D eigenvalue weighted by Gasteiger charge is 2.20. The molecular formula is C26H23N5OS. The smallest absolute Gasteiger partial charge is 0.238 e. The number of amides is 1. The predicted molar refractivity (Wildman–Crippen MR) is 131 cm³/mol. The Labute approximate surface area is 197 Å². The van der Waals surface area contributed by atoms with Crippen molar-refractivity contribution in [3.05, 3.63) is 90.0 Å². The maximum atomic E-state index is 13.0. The predicted octanol–water partition coefficient (Wildman–Crippen LogP) is 5.20. The van der Waals surface area contributed by atoms with Gasteiger partial charge in [0.15, 0.2) is 11.0 Å². The van der Waals surface area contributed by atoms with Crippen LogP contribution in [0, 0.1) is 25.2 Å². The van der Waals surface area contributed by atoms with Gasteiger partial charge < -0.3 is 0 Å². The maximum absolute atomic E-state index is 13.0. The van der Waals surface area contributed by atoms with Crippen molar-refractivity contribution >= 4 is 23.4 Å². The normalized spacial score (nSPS) is 10.6. The summed E-state index contributed by atoms with van der Waals surface area (Å²) in [4.78, 5) is 14.5. The van der Waals surface area contributed by atoms with E-state index in [0.717, 1.165) is 28.2 Å². The second kappa shape index (κ2) is 10.2. The fourth-order valence-corrected chi connectivity index (χ4v) is 4.30. The van der Waals surface area contributed by atoms with Gasteiger partial charge in [-0.1, -0.05) is 71.4 Å². The number of aryl methyl sites for hydroxylation is 2. The van der Waals surface area contributed by atoms with E-state index in [9.17, 15) is 10.1 Å². The Balaban J connectivity index is 1.66. The van der Waals surface area contributed by atoms with Crippen molar-refractivity contribution in [2.75, 3.05) is 17.2 Å². The number of hydrogen-bond donors (Lipinski definition) is 0. The van der Waals surface area contributed by atoms with Crippen LogP contribution in [0.2, 0.25) is 0 Å². The summed E-state index contributed by atoms with van der Waals surface area (Å²) in [6, 6.07) is 27.5. The summed E-state index contributed by atoms with van der Waals surface area (Å²) in [5.74, 6) is 0.687. The summed E-state index contributed by atoms with van der Waals surface area (Å²) >= 11 is 1.31. The average molecular weight is 454 g/mol. The molecule has 1 heterocycles. The molecule has 0 saturated carbocycles. The lowest BCUT2D eigenvalue weighted by Gasteiger charge is -2.19. The van der Waals surface area contributed by atoms with Gasteiger partial charge in [0.25, 0.3) is 0 Å². The van der Waals surface area contributed by atoms with Gasteiger partial charge in [0.1, 0.15) is 6.54 Å². The number of carbonyl (C=O) groups is 1. The van der Waals surface area contributed by atoms with Crippen molar-refractivity contribution in [3.8, 4) is 23.1 Å². The van der Waals surface area contributed by atoms with Crippen LogP contribution in [-0.2, 0) is 4.79 Å². The highest BCUT2D eigenvalue weighted by Crippen LogP contribution is 2.29. The Hall–Kier alpha value is -3.89. The molecule has 0 atom stereocenters. The zero-order valence-electron chi connectivity index (χ0n) is 18.5. The molecule has 6 nitrogen and oxygen atoms in total. The molecule has 7 heteroatoms. The first-order chi connectivity index (χ1) is 16.1. The van der Waals surface area contributed by atoms with E-state index in [2.05, 4.69) is 22.3 Å². The first-order valence-electron chi connectivity index (χ1n) is 10.5. The zero-order valence-corrected chi connectivity index (χ0v) is 19.3. The van der Waals surface area contributed by atoms with Crippen molar-refractivity contribution in [3.63, 3.8) is 0 Å². The molecule has 1 aromatic heterocycles. The van der Waals surface area contributed by atoms with Gasteiger partial charge >= 0.3 is 0 Å². The maximum Gasteiger partial charge on any atom is 0.238 e. The minimum absolute atomic E-state index is 0.0113. The first-order valence-corrected chi connectivity index (χ1v) is 11.5. The van der Waals surface area contributed by atoms with Crippen LogP contribution >= 0.6 is 11.8 Å². The molecule has 0 bridgehead atoms. The number of benzene rings is 3. The third kappa shape index (κ3) is 5.13. The largest absolute Gasteiger partial charge is 0.298 e. The van der Waals surface area contributed by atoms with Crippen molar-refractivity contribution in [1.29, 1.82) is 5.26 Å². The van der Waals surface area contributed by atoms with E-state index < -0.39 is 0 Å². The Morgan fingerprint density at radius 3 is 2.42 bits per heavy atom. The minimum Gasteiger partial charge on any atom is -0.298 e. The van der Waals surface area contributed by atoms with E-state index in [4.69, 9.17) is 0 Å². The molecular weight excluding hydrogens is 430 g/mol. The van der Waals surface area contributed by atoms with Crippen LogP contribution < -0.4 is 4.90 Å². The lowest BCUT2D eigenvalue weighted by atomic mass is 10.1. The number of hydrogen-bond acceptors (Lipinski definition) is 5. The average Bonchev–Trinajstić information content (AvgIpc) is 3.26. The van der Waals surface area contributed by atoms with Crippen molar-refractivity contribution in [2.45, 2.75) is 19.0 Å². The van der Waals surface area contributed by atoms with E-state index >= 15 is 0 Å². The third-order valence-electron chi connectivity index (χ3n) is 5.12. The Kier molecular flexibility index (Phi) is 6.86. The SMILES string of the molecule is Cc1ccc(-n2c(SCC(=O)N(CC#N)c3ccccc3)nnc2-c2cccc(C)c2)cc1. The summed E-state index contributed by atoms with van der Waals surface area (Å²) in [7, 11) is 0. The van der Waals surface area contributed by atoms with Gasteiger partial charge in [0, 0.05) is 16.9 Å². The topological polar surface area (TPSA) is 74.8 Å². The van der Waals surface area contributed by atoms with Crippen LogP contribution in [0.3, 0.4) is 0 Å². The second-order valence-corrected chi connectivity index (χ2v) is 8.55. The Bertz CT molecular complexity index is 1290. The van der Waals surface area contributed by atoms with E-state index in [1.807, 2.05) is 91.2 Å². The van der Waals surface area contributed by atoms with Crippen molar-refractivity contribution < 1.29 is 4.79 Å². The van der Waals surface area contributed by atoms with E-state index in [1.54, 1.807) is 0 Å². The molecule has 0 saturated heterocycles. The van der Waals surface area contributed by atoms with E-state index in [-0.39, 0.29) is 18.2 Å². The van der Waals surface area contributed by atoms with Crippen LogP contribution in [0.4, 0.5) is 5.69 Å². The van der Waals surface area contributed by atoms with Gasteiger partial charge in [-0.25, -0.2) is 0 Å². The minimum atomic E-state index is -0.164. The molecule has 4 aromatic rings. The summed E-state index contributed by atoms with van der Waals surface area (Å²) in [5.41, 5.74) is 4.87. The fourth-order valence-electron chi connectivity index (χ4n) is 3.47. The van der Waals surface area contributed by atoms with Crippen LogP contribution in [-0.4, -0.2) is 33.0 Å². The first kappa shape index (κ1) is 22.3. The lowest BCUT2D eigenvalue weighted by molar-refractivity contribution is -0.116. The summed E-state index contributed by atoms with van der Waals surface area (Å²) < 4.78 is 1.98. The van der Waals surface area contributed by atoms with Gasteiger partial charge in [-0.15, -0.1) is 10.2 Å². The van der Waals surface area contributed by atoms with Gasteiger partial charge in [0.05, 0.1) is 11.8 Å². The van der Waals surface area contributed by atoms with Crippen molar-refractivity contribution in [1.82, 2.24) is 14.8 Å². The second-order valence-electron chi connectivity index (χ2n) is 7.61. The number of nitrogens with zero attached hydrogens (tertiary/aromatic N) is 5. The fraction of sp³-hybridized carbons (Fsp3) is 0.154. The van der Waals surface area contributed by atoms with Gasteiger partial charge in [0.2, 0.25) is 5.91 Å². The number of aromatic nitrogens is 3. The summed E-state index contributed by atoms with van der Waals surface area (Å²) in [6.07, 6.45) is 0. The molecule has 0 unspecified atom stereocenters. The molecule has 3 aromatic carbocycles. The van der Waals surface area contributed by atoms with Crippen LogP contribution in [0.15, 0.2) is 84.0 Å². The number of anilines is 1. The zero-order chi connectivity index (χ0) is 23.2. The van der Waals surface area contributed by atoms with E-state index in [1.165, 1.54) is 16.7 Å². The van der Waals surface area contributed by atoms with Gasteiger partial charge in [-0.2, -0.15) is 5.26 Å². The highest BCUT2D eigenvalue weighted by molar-refractivity contribution is 7.99. The third-order valence-corrected chi connectivity index (χ3v) is 6.04. The number of nitriles is 1. The number of rotatable bonds is 7. The quantitative estimate of drug-likeness (QED) is 0.284. The summed E-state index contributed by atoms with van der Waals surface area (Å²) in [5, 5.41) is 18.7. The van der Waals surface area contributed by atoms with Gasteiger partial charge in [-0.3, -0.25) is 14.3 Å². The molecule has 0 N–H and O–H groups in total. The van der Waals surface area contributed by atoms with E-state index in [0.29, 0.717) is 10.8 Å². The molecule has 0 aliphatic heterocycles. The standard InChI is InChI=1S/C26H23N5OS/c1-19-11-13-23(14-12-19)31-25(21-8-6-7-20(2)17-21)28-29-26(31)33-18-24(32)30(16-15-27)22-9-4-3-5-10-22/h3-14,17H,16,18H2,1-2H3. The molecule has 0 aliphatic carbocycles. The number of carbonyl (C=O) groups excluding carboxylic acids is 1. The molecule has 1 amide bonds. The molecule has 0 fully saturated rings. The monoisotopic (exact) mass is 453 g/mol. The Morgan fingerprint density at radius 2 is 1.73 bits per heavy atom. The van der Waals surface area contributed by atoms with Crippen LogP contribution in [0.25, 0.3) is 17.1 Å². The Morgan fingerprint density at radius 1 is 0.970 bits per heavy atom. The number of para-hydroxylation sites is 1. The molecule has 0 spiro atoms. The molecule has 164 valence electrons. The summed E-state index contributed by atoms with van der Waals surface area (Å²) in [6.45, 7) is 4.07. The van der Waals surface area contributed by atoms with Gasteiger partial charge in [-0.05, 0) is 44.2 Å². The van der Waals surface area contributed by atoms with Crippen molar-refractivity contribution in [2.24, 2.45) is 0 Å². The lowest BCUT2D eigenvalue weighted by Crippen LogP contribution is -2.32. The molecule has 0 aliphatic rings. The highest BCUT2D eigenvalue weighted by atomic mass is 32.2. The van der Waals surface area contributed by atoms with Crippen LogP contribution in [0.5, 0.6) is 0 Å². The molecule has 33 heavy (non-hydrogen) atoms. The van der Waals surface area contributed by atoms with Crippen LogP contribution in [0.1, 0.15) is 11.1 Å². The number of thioether (sulfide) groups is 1.